The van der Waals surface area contributed by atoms with Gasteiger partial charge in [-0.15, -0.1) is 0 Å². The third kappa shape index (κ3) is 3.34. The molecule has 2 N–H and O–H groups in total. The van der Waals surface area contributed by atoms with Crippen molar-refractivity contribution in [3.05, 3.63) is 22.8 Å². The van der Waals surface area contributed by atoms with Gasteiger partial charge in [-0.2, -0.15) is 0 Å². The summed E-state index contributed by atoms with van der Waals surface area (Å²) in [5.74, 6) is -0.663. The molecule has 1 heterocycles. The van der Waals surface area contributed by atoms with Gasteiger partial charge in [-0.3, -0.25) is 0 Å². The molecule has 0 saturated carbocycles. The van der Waals surface area contributed by atoms with Crippen molar-refractivity contribution in [1.29, 1.82) is 0 Å². The Hall–Kier alpha value is -1.33. The van der Waals surface area contributed by atoms with Crippen molar-refractivity contribution in [2.75, 3.05) is 26.0 Å². The molecule has 1 aromatic heterocycles. The number of nitrogens with zero attached hydrogens (tertiary/aromatic N) is 2. The zero-order valence-electron chi connectivity index (χ0n) is 11.0. The molecule has 1 rings (SSSR count). The van der Waals surface area contributed by atoms with Crippen LogP contribution in [0.25, 0.3) is 0 Å². The Morgan fingerprint density at radius 2 is 2.17 bits per heavy atom. The molecule has 0 amide bonds. The first-order valence-corrected chi connectivity index (χ1v) is 5.92. The van der Waals surface area contributed by atoms with E-state index in [0.717, 1.165) is 0 Å². The van der Waals surface area contributed by atoms with Gasteiger partial charge in [-0.1, -0.05) is 11.6 Å². The Morgan fingerprint density at radius 3 is 2.67 bits per heavy atom. The highest BCUT2D eigenvalue weighted by atomic mass is 35.5. The van der Waals surface area contributed by atoms with Crippen LogP contribution in [0.5, 0.6) is 0 Å². The summed E-state index contributed by atoms with van der Waals surface area (Å²) in [6.07, 6.45) is 1.43. The predicted octanol–water partition coefficient (Wildman–Crippen LogP) is 2.19. The minimum atomic E-state index is -1.06. The van der Waals surface area contributed by atoms with Gasteiger partial charge in [0.1, 0.15) is 5.82 Å². The van der Waals surface area contributed by atoms with Crippen molar-refractivity contribution in [2.45, 2.75) is 19.4 Å². The van der Waals surface area contributed by atoms with Gasteiger partial charge < -0.3 is 15.3 Å². The summed E-state index contributed by atoms with van der Waals surface area (Å²) in [5.41, 5.74) is -0.0404. The number of halogens is 1. The minimum absolute atomic E-state index is 0.0526. The van der Waals surface area contributed by atoms with Crippen LogP contribution in [0.3, 0.4) is 0 Å². The van der Waals surface area contributed by atoms with Gasteiger partial charge in [0.15, 0.2) is 0 Å². The van der Waals surface area contributed by atoms with E-state index in [2.05, 4.69) is 29.0 Å². The molecule has 0 aliphatic heterocycles. The van der Waals surface area contributed by atoms with Gasteiger partial charge in [-0.25, -0.2) is 9.78 Å². The van der Waals surface area contributed by atoms with Crippen molar-refractivity contribution >= 4 is 23.4 Å². The Bertz CT molecular complexity index is 447. The van der Waals surface area contributed by atoms with Crippen molar-refractivity contribution < 1.29 is 9.90 Å². The molecule has 100 valence electrons. The van der Waals surface area contributed by atoms with Gasteiger partial charge in [0, 0.05) is 18.3 Å². The fraction of sp³-hybridized carbons (Fsp3) is 0.500. The Balaban J connectivity index is 2.87. The number of aromatic nitrogens is 1. The van der Waals surface area contributed by atoms with Crippen LogP contribution in [0.1, 0.15) is 24.2 Å². The SMILES string of the molecule is CN(C)C(C)(C)CNc1nccc(C(=O)O)c1Cl. The smallest absolute Gasteiger partial charge is 0.337 e. The van der Waals surface area contributed by atoms with Crippen molar-refractivity contribution in [3.8, 4) is 0 Å². The van der Waals surface area contributed by atoms with Crippen molar-refractivity contribution in [3.63, 3.8) is 0 Å². The first-order chi connectivity index (χ1) is 8.25. The van der Waals surface area contributed by atoms with Crippen LogP contribution in [0.4, 0.5) is 5.82 Å². The summed E-state index contributed by atoms with van der Waals surface area (Å²) < 4.78 is 0. The molecule has 0 aromatic carbocycles. The van der Waals surface area contributed by atoms with Crippen LogP contribution in [0, 0.1) is 0 Å². The number of likely N-dealkylation sites (N-methyl/N-ethyl adjacent to an activating group) is 1. The number of rotatable bonds is 5. The largest absolute Gasteiger partial charge is 0.478 e. The molecular formula is C12H18ClN3O2. The molecular weight excluding hydrogens is 254 g/mol. The lowest BCUT2D eigenvalue weighted by Gasteiger charge is -2.32. The number of anilines is 1. The average molecular weight is 272 g/mol. The Kier molecular flexibility index (Phi) is 4.53. The van der Waals surface area contributed by atoms with E-state index in [1.54, 1.807) is 0 Å². The van der Waals surface area contributed by atoms with E-state index < -0.39 is 5.97 Å². The lowest BCUT2D eigenvalue weighted by molar-refractivity contribution is 0.0697. The number of hydrogen-bond donors (Lipinski definition) is 2. The van der Waals surface area contributed by atoms with E-state index in [-0.39, 0.29) is 16.1 Å². The molecule has 0 saturated heterocycles. The lowest BCUT2D eigenvalue weighted by atomic mass is 10.0. The fourth-order valence-electron chi connectivity index (χ4n) is 1.19. The zero-order chi connectivity index (χ0) is 13.9. The van der Waals surface area contributed by atoms with Gasteiger partial charge in [0.05, 0.1) is 10.6 Å². The number of nitrogens with one attached hydrogen (secondary N) is 1. The maximum atomic E-state index is 10.9. The number of carboxylic acid groups (broad SMARTS) is 1. The van der Waals surface area contributed by atoms with Crippen LogP contribution in [-0.2, 0) is 0 Å². The first-order valence-electron chi connectivity index (χ1n) is 5.55. The monoisotopic (exact) mass is 271 g/mol. The third-order valence-electron chi connectivity index (χ3n) is 3.02. The quantitative estimate of drug-likeness (QED) is 0.859. The maximum absolute atomic E-state index is 10.9. The highest BCUT2D eigenvalue weighted by molar-refractivity contribution is 6.35. The molecule has 1 aromatic rings. The van der Waals surface area contributed by atoms with Gasteiger partial charge >= 0.3 is 5.97 Å². The van der Waals surface area contributed by atoms with Gasteiger partial charge in [0.25, 0.3) is 0 Å². The summed E-state index contributed by atoms with van der Waals surface area (Å²) in [6, 6.07) is 1.38. The highest BCUT2D eigenvalue weighted by Crippen LogP contribution is 2.24. The highest BCUT2D eigenvalue weighted by Gasteiger charge is 2.21. The predicted molar refractivity (Wildman–Crippen MR) is 72.5 cm³/mol. The number of pyridine rings is 1. The summed E-state index contributed by atoms with van der Waals surface area (Å²) in [7, 11) is 3.95. The number of hydrogen-bond acceptors (Lipinski definition) is 4. The van der Waals surface area contributed by atoms with Crippen LogP contribution in [-0.4, -0.2) is 47.1 Å². The van der Waals surface area contributed by atoms with E-state index in [9.17, 15) is 4.79 Å². The molecule has 0 bridgehead atoms. The summed E-state index contributed by atoms with van der Waals surface area (Å²) in [5, 5.41) is 12.2. The number of carbonyl (C=O) groups is 1. The third-order valence-corrected chi connectivity index (χ3v) is 3.40. The van der Waals surface area contributed by atoms with E-state index in [1.165, 1.54) is 12.3 Å². The molecule has 0 radical (unpaired) electrons. The number of aromatic carboxylic acids is 1. The normalized spacial score (nSPS) is 11.7. The molecule has 0 fully saturated rings. The van der Waals surface area contributed by atoms with E-state index >= 15 is 0 Å². The van der Waals surface area contributed by atoms with Crippen LogP contribution in [0.2, 0.25) is 5.02 Å². The standard InChI is InChI=1S/C12H18ClN3O2/c1-12(2,16(3)4)7-15-10-9(13)8(11(17)18)5-6-14-10/h5-6H,7H2,1-4H3,(H,14,15)(H,17,18). The number of carboxylic acids is 1. The first kappa shape index (κ1) is 14.7. The Morgan fingerprint density at radius 1 is 1.56 bits per heavy atom. The summed E-state index contributed by atoms with van der Waals surface area (Å²) >= 11 is 5.99. The Labute approximate surface area is 112 Å². The van der Waals surface area contributed by atoms with E-state index in [0.29, 0.717) is 12.4 Å². The minimum Gasteiger partial charge on any atom is -0.478 e. The molecule has 0 aliphatic carbocycles. The second-order valence-electron chi connectivity index (χ2n) is 4.89. The second kappa shape index (κ2) is 5.54. The molecule has 0 atom stereocenters. The molecule has 0 unspecified atom stereocenters. The molecule has 0 spiro atoms. The average Bonchev–Trinajstić information content (AvgIpc) is 2.27. The van der Waals surface area contributed by atoms with Gasteiger partial charge in [0.2, 0.25) is 0 Å². The van der Waals surface area contributed by atoms with Crippen LogP contribution < -0.4 is 5.32 Å². The van der Waals surface area contributed by atoms with Crippen molar-refractivity contribution in [1.82, 2.24) is 9.88 Å². The maximum Gasteiger partial charge on any atom is 0.337 e. The molecule has 0 aliphatic rings. The van der Waals surface area contributed by atoms with E-state index in [1.807, 2.05) is 14.1 Å². The molecule has 5 nitrogen and oxygen atoms in total. The summed E-state index contributed by atoms with van der Waals surface area (Å²) in [4.78, 5) is 17.1. The fourth-order valence-corrected chi connectivity index (χ4v) is 1.45. The summed E-state index contributed by atoms with van der Waals surface area (Å²) in [6.45, 7) is 4.74. The van der Waals surface area contributed by atoms with E-state index in [4.69, 9.17) is 16.7 Å². The van der Waals surface area contributed by atoms with Crippen LogP contribution in [0.15, 0.2) is 12.3 Å². The van der Waals surface area contributed by atoms with Crippen LogP contribution >= 0.6 is 11.6 Å². The molecule has 18 heavy (non-hydrogen) atoms. The molecule has 6 heteroatoms. The lowest BCUT2D eigenvalue weighted by Crippen LogP contribution is -2.44. The topological polar surface area (TPSA) is 65.5 Å². The van der Waals surface area contributed by atoms with Crippen molar-refractivity contribution in [2.24, 2.45) is 0 Å². The second-order valence-corrected chi connectivity index (χ2v) is 5.26. The van der Waals surface area contributed by atoms with Gasteiger partial charge in [-0.05, 0) is 34.0 Å². The zero-order valence-corrected chi connectivity index (χ0v) is 11.7.